The first kappa shape index (κ1) is 12.0. The zero-order valence-corrected chi connectivity index (χ0v) is 9.31. The van der Waals surface area contributed by atoms with Gasteiger partial charge >= 0.3 is 11.7 Å². The summed E-state index contributed by atoms with van der Waals surface area (Å²) >= 11 is 0. The molecule has 0 saturated carbocycles. The van der Waals surface area contributed by atoms with Crippen LogP contribution < -0.4 is 10.6 Å². The predicted octanol–water partition coefficient (Wildman–Crippen LogP) is 0.0204. The third kappa shape index (κ3) is 2.01. The molecule has 0 amide bonds. The second kappa shape index (κ2) is 4.43. The molecular weight excluding hydrogens is 242 g/mol. The molecule has 0 aromatic carbocycles. The fraction of sp³-hybridized carbons (Fsp3) is 0.444. The molecule has 9 heteroatoms. The number of nitro groups is 1. The smallest absolute Gasteiger partial charge is 0.329 e. The number of carboxylic acid groups (broad SMARTS) is 1. The van der Waals surface area contributed by atoms with Gasteiger partial charge in [-0.1, -0.05) is 0 Å². The Hall–Kier alpha value is -2.45. The summed E-state index contributed by atoms with van der Waals surface area (Å²) < 4.78 is 0. The molecule has 0 spiro atoms. The summed E-state index contributed by atoms with van der Waals surface area (Å²) in [6, 6.07) is -0.703. The van der Waals surface area contributed by atoms with Crippen LogP contribution in [0.2, 0.25) is 0 Å². The average molecular weight is 253 g/mol. The number of hydrogen-bond donors (Lipinski definition) is 2. The lowest BCUT2D eigenvalue weighted by atomic mass is 10.2. The van der Waals surface area contributed by atoms with Crippen molar-refractivity contribution >= 4 is 23.4 Å². The van der Waals surface area contributed by atoms with E-state index in [1.54, 1.807) is 0 Å². The van der Waals surface area contributed by atoms with E-state index in [1.807, 2.05) is 0 Å². The van der Waals surface area contributed by atoms with Gasteiger partial charge in [0, 0.05) is 6.54 Å². The van der Waals surface area contributed by atoms with E-state index in [-0.39, 0.29) is 17.5 Å². The van der Waals surface area contributed by atoms with Crippen molar-refractivity contribution in [2.45, 2.75) is 18.9 Å². The lowest BCUT2D eigenvalue weighted by Gasteiger charge is -2.20. The summed E-state index contributed by atoms with van der Waals surface area (Å²) in [5, 5.41) is 19.6. The summed E-state index contributed by atoms with van der Waals surface area (Å²) in [5.74, 6) is -1.11. The van der Waals surface area contributed by atoms with Gasteiger partial charge in [-0.3, -0.25) is 10.1 Å². The number of hydrogen-bond acceptors (Lipinski definition) is 7. The zero-order chi connectivity index (χ0) is 13.3. The van der Waals surface area contributed by atoms with Gasteiger partial charge in [0.15, 0.2) is 0 Å². The molecule has 1 aromatic rings. The van der Waals surface area contributed by atoms with Crippen LogP contribution in [0.4, 0.5) is 17.5 Å². The molecule has 0 radical (unpaired) electrons. The van der Waals surface area contributed by atoms with E-state index in [9.17, 15) is 14.9 Å². The van der Waals surface area contributed by atoms with Crippen molar-refractivity contribution in [3.63, 3.8) is 0 Å². The number of nitrogens with two attached hydrogens (primary N) is 1. The maximum atomic E-state index is 11.0. The summed E-state index contributed by atoms with van der Waals surface area (Å²) in [6.07, 6.45) is 2.20. The first-order valence-corrected chi connectivity index (χ1v) is 5.27. The second-order valence-electron chi connectivity index (χ2n) is 3.89. The SMILES string of the molecule is Nc1nc(N2CCC[C@@H]2C(=O)O)ncc1[N+](=O)[O-]. The molecular formula is C9H11N5O4. The van der Waals surface area contributed by atoms with Crippen LogP contribution in [-0.4, -0.2) is 38.6 Å². The van der Waals surface area contributed by atoms with Crippen LogP contribution >= 0.6 is 0 Å². The maximum Gasteiger partial charge on any atom is 0.329 e. The van der Waals surface area contributed by atoms with Crippen LogP contribution in [0.1, 0.15) is 12.8 Å². The molecule has 9 nitrogen and oxygen atoms in total. The van der Waals surface area contributed by atoms with Crippen LogP contribution in [-0.2, 0) is 4.79 Å². The molecule has 2 heterocycles. The number of aliphatic carboxylic acids is 1. The molecule has 0 bridgehead atoms. The fourth-order valence-corrected chi connectivity index (χ4v) is 1.92. The highest BCUT2D eigenvalue weighted by molar-refractivity contribution is 5.78. The highest BCUT2D eigenvalue weighted by atomic mass is 16.6. The third-order valence-electron chi connectivity index (χ3n) is 2.78. The summed E-state index contributed by atoms with van der Waals surface area (Å²) in [6.45, 7) is 0.494. The van der Waals surface area contributed by atoms with E-state index >= 15 is 0 Å². The van der Waals surface area contributed by atoms with E-state index in [1.165, 1.54) is 4.90 Å². The monoisotopic (exact) mass is 253 g/mol. The highest BCUT2D eigenvalue weighted by Gasteiger charge is 2.33. The average Bonchev–Trinajstić information content (AvgIpc) is 2.77. The van der Waals surface area contributed by atoms with Gasteiger partial charge in [0.2, 0.25) is 11.8 Å². The second-order valence-corrected chi connectivity index (χ2v) is 3.89. The molecule has 1 aliphatic rings. The Morgan fingerprint density at radius 2 is 2.39 bits per heavy atom. The Balaban J connectivity index is 2.32. The molecule has 1 aromatic heterocycles. The van der Waals surface area contributed by atoms with Gasteiger partial charge in [-0.15, -0.1) is 0 Å². The Kier molecular flexibility index (Phi) is 2.96. The van der Waals surface area contributed by atoms with Gasteiger partial charge in [0.1, 0.15) is 12.2 Å². The summed E-state index contributed by atoms with van der Waals surface area (Å²) in [5.41, 5.74) is 5.06. The molecule has 1 fully saturated rings. The Morgan fingerprint density at radius 1 is 1.67 bits per heavy atom. The van der Waals surface area contributed by atoms with E-state index in [0.29, 0.717) is 19.4 Å². The van der Waals surface area contributed by atoms with E-state index in [2.05, 4.69) is 9.97 Å². The summed E-state index contributed by atoms with van der Waals surface area (Å²) in [4.78, 5) is 30.0. The van der Waals surface area contributed by atoms with Gasteiger partial charge in [-0.2, -0.15) is 4.98 Å². The number of carboxylic acids is 1. The van der Waals surface area contributed by atoms with Gasteiger partial charge in [-0.25, -0.2) is 9.78 Å². The van der Waals surface area contributed by atoms with Crippen LogP contribution in [0, 0.1) is 10.1 Å². The minimum absolute atomic E-state index is 0.114. The van der Waals surface area contributed by atoms with Crippen LogP contribution in [0.5, 0.6) is 0 Å². The molecule has 1 atom stereocenters. The Morgan fingerprint density at radius 3 is 2.94 bits per heavy atom. The molecule has 3 N–H and O–H groups in total. The van der Waals surface area contributed by atoms with Gasteiger partial charge < -0.3 is 15.7 Å². The highest BCUT2D eigenvalue weighted by Crippen LogP contribution is 2.26. The van der Waals surface area contributed by atoms with Crippen molar-refractivity contribution in [2.24, 2.45) is 0 Å². The molecule has 1 saturated heterocycles. The van der Waals surface area contributed by atoms with E-state index in [4.69, 9.17) is 10.8 Å². The lowest BCUT2D eigenvalue weighted by Crippen LogP contribution is -2.37. The van der Waals surface area contributed by atoms with Crippen molar-refractivity contribution < 1.29 is 14.8 Å². The van der Waals surface area contributed by atoms with Crippen molar-refractivity contribution in [1.29, 1.82) is 0 Å². The molecule has 18 heavy (non-hydrogen) atoms. The topological polar surface area (TPSA) is 135 Å². The lowest BCUT2D eigenvalue weighted by molar-refractivity contribution is -0.384. The van der Waals surface area contributed by atoms with Gasteiger partial charge in [0.25, 0.3) is 0 Å². The predicted molar refractivity (Wildman–Crippen MR) is 61.1 cm³/mol. The van der Waals surface area contributed by atoms with Crippen molar-refractivity contribution in [3.05, 3.63) is 16.3 Å². The largest absolute Gasteiger partial charge is 0.480 e. The van der Waals surface area contributed by atoms with Crippen molar-refractivity contribution in [1.82, 2.24) is 9.97 Å². The van der Waals surface area contributed by atoms with E-state index < -0.39 is 16.9 Å². The molecule has 96 valence electrons. The summed E-state index contributed by atoms with van der Waals surface area (Å²) in [7, 11) is 0. The quantitative estimate of drug-likeness (QED) is 0.568. The fourth-order valence-electron chi connectivity index (χ4n) is 1.92. The van der Waals surface area contributed by atoms with Crippen molar-refractivity contribution in [2.75, 3.05) is 17.2 Å². The number of anilines is 2. The first-order valence-electron chi connectivity index (χ1n) is 5.27. The van der Waals surface area contributed by atoms with Crippen LogP contribution in [0.25, 0.3) is 0 Å². The van der Waals surface area contributed by atoms with Gasteiger partial charge in [0.05, 0.1) is 4.92 Å². The molecule has 2 rings (SSSR count). The molecule has 0 aliphatic carbocycles. The normalized spacial score (nSPS) is 18.9. The number of nitrogens with zero attached hydrogens (tertiary/aromatic N) is 4. The van der Waals surface area contributed by atoms with Crippen LogP contribution in [0.15, 0.2) is 6.20 Å². The number of aromatic nitrogens is 2. The van der Waals surface area contributed by atoms with E-state index in [0.717, 1.165) is 6.20 Å². The maximum absolute atomic E-state index is 11.0. The minimum Gasteiger partial charge on any atom is -0.480 e. The third-order valence-corrected chi connectivity index (χ3v) is 2.78. The number of rotatable bonds is 3. The number of carbonyl (C=O) groups is 1. The van der Waals surface area contributed by atoms with Gasteiger partial charge in [-0.05, 0) is 12.8 Å². The Bertz CT molecular complexity index is 506. The minimum atomic E-state index is -0.965. The zero-order valence-electron chi connectivity index (χ0n) is 9.31. The standard InChI is InChI=1S/C9H11N5O4/c10-7-6(14(17)18)4-11-9(12-7)13-3-1-2-5(13)8(15)16/h4-5H,1-3H2,(H,15,16)(H2,10,11,12)/t5-/m1/s1. The molecule has 1 aliphatic heterocycles. The van der Waals surface area contributed by atoms with Crippen LogP contribution in [0.3, 0.4) is 0 Å². The molecule has 0 unspecified atom stereocenters. The first-order chi connectivity index (χ1) is 8.50. The van der Waals surface area contributed by atoms with Crippen molar-refractivity contribution in [3.8, 4) is 0 Å². The number of nitrogen functional groups attached to an aromatic ring is 1. The Labute approximate surface area is 101 Å².